The highest BCUT2D eigenvalue weighted by molar-refractivity contribution is 4.71. The number of hydrogen-bond donors (Lipinski definition) is 2. The number of hydrogen-bond acceptors (Lipinski definition) is 2. The minimum Gasteiger partial charge on any atom is -0.393 e. The second kappa shape index (κ2) is 5.61. The molecule has 1 aliphatic carbocycles. The molecule has 2 atom stereocenters. The maximum Gasteiger partial charge on any atom is 0.0543 e. The molecule has 1 fully saturated rings. The summed E-state index contributed by atoms with van der Waals surface area (Å²) in [6.07, 6.45) is 6.55. The van der Waals surface area contributed by atoms with E-state index in [1.807, 2.05) is 0 Å². The van der Waals surface area contributed by atoms with Gasteiger partial charge in [-0.1, -0.05) is 26.2 Å². The summed E-state index contributed by atoms with van der Waals surface area (Å²) in [5, 5.41) is 19.3. The van der Waals surface area contributed by atoms with Crippen LogP contribution in [0.15, 0.2) is 0 Å². The van der Waals surface area contributed by atoms with E-state index < -0.39 is 0 Å². The molecule has 0 aromatic rings. The van der Waals surface area contributed by atoms with Gasteiger partial charge < -0.3 is 10.2 Å². The smallest absolute Gasteiger partial charge is 0.0543 e. The average molecular weight is 186 g/mol. The summed E-state index contributed by atoms with van der Waals surface area (Å²) < 4.78 is 0. The Morgan fingerprint density at radius 1 is 1.00 bits per heavy atom. The van der Waals surface area contributed by atoms with Crippen molar-refractivity contribution in [1.82, 2.24) is 0 Å². The van der Waals surface area contributed by atoms with Crippen molar-refractivity contribution >= 4 is 0 Å². The third-order valence-corrected chi connectivity index (χ3v) is 3.11. The Morgan fingerprint density at radius 2 is 1.46 bits per heavy atom. The lowest BCUT2D eigenvalue weighted by molar-refractivity contribution is 0.104. The monoisotopic (exact) mass is 186 g/mol. The summed E-state index contributed by atoms with van der Waals surface area (Å²) in [5.41, 5.74) is 0. The second-order valence-electron chi connectivity index (χ2n) is 4.34. The summed E-state index contributed by atoms with van der Waals surface area (Å²) in [6, 6.07) is 0. The van der Waals surface area contributed by atoms with Crippen LogP contribution in [-0.2, 0) is 0 Å². The van der Waals surface area contributed by atoms with Crippen molar-refractivity contribution in [1.29, 1.82) is 0 Å². The molecule has 0 saturated heterocycles. The molecule has 2 heteroatoms. The number of aliphatic hydroxyl groups excluding tert-OH is 2. The van der Waals surface area contributed by atoms with Crippen molar-refractivity contribution in [3.8, 4) is 0 Å². The van der Waals surface area contributed by atoms with E-state index in [2.05, 4.69) is 6.92 Å². The maximum absolute atomic E-state index is 9.65. The van der Waals surface area contributed by atoms with Crippen LogP contribution in [0, 0.1) is 5.92 Å². The zero-order valence-electron chi connectivity index (χ0n) is 8.58. The fraction of sp³-hybridized carbons (Fsp3) is 1.00. The van der Waals surface area contributed by atoms with Gasteiger partial charge in [-0.3, -0.25) is 0 Å². The maximum atomic E-state index is 9.65. The van der Waals surface area contributed by atoms with Crippen LogP contribution in [0.3, 0.4) is 0 Å². The molecule has 0 bridgehead atoms. The van der Waals surface area contributed by atoms with Crippen LogP contribution in [0.2, 0.25) is 0 Å². The standard InChI is InChI=1S/C11H22O2/c1-2-9-7-10(12)5-3-4-6-11(13)8-9/h9-13H,2-8H2,1H3. The van der Waals surface area contributed by atoms with Gasteiger partial charge >= 0.3 is 0 Å². The van der Waals surface area contributed by atoms with Crippen molar-refractivity contribution < 1.29 is 10.2 Å². The third kappa shape index (κ3) is 4.10. The van der Waals surface area contributed by atoms with E-state index in [0.717, 1.165) is 44.9 Å². The minimum atomic E-state index is -0.129. The molecular formula is C11H22O2. The third-order valence-electron chi connectivity index (χ3n) is 3.11. The van der Waals surface area contributed by atoms with E-state index >= 15 is 0 Å². The highest BCUT2D eigenvalue weighted by Gasteiger charge is 2.18. The highest BCUT2D eigenvalue weighted by atomic mass is 16.3. The molecule has 1 aliphatic rings. The molecule has 13 heavy (non-hydrogen) atoms. The van der Waals surface area contributed by atoms with Crippen LogP contribution in [0.25, 0.3) is 0 Å². The molecule has 2 N–H and O–H groups in total. The quantitative estimate of drug-likeness (QED) is 0.658. The Bertz CT molecular complexity index is 122. The Labute approximate surface area is 81.0 Å². The van der Waals surface area contributed by atoms with Gasteiger partial charge in [0.1, 0.15) is 0 Å². The van der Waals surface area contributed by atoms with Gasteiger partial charge in [-0.2, -0.15) is 0 Å². The van der Waals surface area contributed by atoms with Crippen molar-refractivity contribution in [3.05, 3.63) is 0 Å². The predicted molar refractivity (Wildman–Crippen MR) is 53.5 cm³/mol. The van der Waals surface area contributed by atoms with Crippen LogP contribution >= 0.6 is 0 Å². The fourth-order valence-corrected chi connectivity index (χ4v) is 2.19. The fourth-order valence-electron chi connectivity index (χ4n) is 2.19. The first-order valence-corrected chi connectivity index (χ1v) is 5.58. The Balaban J connectivity index is 2.43. The first kappa shape index (κ1) is 11.0. The van der Waals surface area contributed by atoms with Crippen LogP contribution in [-0.4, -0.2) is 22.4 Å². The van der Waals surface area contributed by atoms with Crippen molar-refractivity contribution in [2.75, 3.05) is 0 Å². The molecule has 2 unspecified atom stereocenters. The van der Waals surface area contributed by atoms with Crippen LogP contribution in [0.4, 0.5) is 0 Å². The van der Waals surface area contributed by atoms with Crippen molar-refractivity contribution in [2.45, 2.75) is 64.1 Å². The van der Waals surface area contributed by atoms with E-state index in [0.29, 0.717) is 5.92 Å². The highest BCUT2D eigenvalue weighted by Crippen LogP contribution is 2.24. The summed E-state index contributed by atoms with van der Waals surface area (Å²) >= 11 is 0. The molecule has 0 aromatic heterocycles. The van der Waals surface area contributed by atoms with Gasteiger partial charge in [0, 0.05) is 0 Å². The van der Waals surface area contributed by atoms with Crippen LogP contribution in [0.5, 0.6) is 0 Å². The molecular weight excluding hydrogens is 164 g/mol. The first-order valence-electron chi connectivity index (χ1n) is 5.58. The summed E-state index contributed by atoms with van der Waals surface area (Å²) in [6.45, 7) is 2.14. The molecule has 0 aliphatic heterocycles. The van der Waals surface area contributed by atoms with E-state index in [1.165, 1.54) is 0 Å². The molecule has 1 rings (SSSR count). The van der Waals surface area contributed by atoms with E-state index in [-0.39, 0.29) is 12.2 Å². The molecule has 78 valence electrons. The summed E-state index contributed by atoms with van der Waals surface area (Å²) in [4.78, 5) is 0. The molecule has 0 radical (unpaired) electrons. The normalized spacial score (nSPS) is 37.6. The summed E-state index contributed by atoms with van der Waals surface area (Å²) in [5.74, 6) is 0.517. The van der Waals surface area contributed by atoms with Gasteiger partial charge in [0.25, 0.3) is 0 Å². The lowest BCUT2D eigenvalue weighted by Gasteiger charge is -2.19. The number of aliphatic hydroxyl groups is 2. The lowest BCUT2D eigenvalue weighted by atomic mass is 9.92. The van der Waals surface area contributed by atoms with Gasteiger partial charge in [-0.25, -0.2) is 0 Å². The molecule has 1 saturated carbocycles. The first-order chi connectivity index (χ1) is 6.22. The van der Waals surface area contributed by atoms with E-state index in [4.69, 9.17) is 0 Å². The minimum absolute atomic E-state index is 0.129. The summed E-state index contributed by atoms with van der Waals surface area (Å²) in [7, 11) is 0. The second-order valence-corrected chi connectivity index (χ2v) is 4.34. The average Bonchev–Trinajstić information content (AvgIpc) is 2.17. The van der Waals surface area contributed by atoms with Gasteiger partial charge in [-0.05, 0) is 31.6 Å². The molecule has 2 nitrogen and oxygen atoms in total. The van der Waals surface area contributed by atoms with E-state index in [1.54, 1.807) is 0 Å². The van der Waals surface area contributed by atoms with Crippen molar-refractivity contribution in [2.24, 2.45) is 5.92 Å². The van der Waals surface area contributed by atoms with Gasteiger partial charge in [0.05, 0.1) is 12.2 Å². The Kier molecular flexibility index (Phi) is 4.74. The molecule has 0 spiro atoms. The molecule has 0 amide bonds. The zero-order chi connectivity index (χ0) is 9.68. The van der Waals surface area contributed by atoms with Gasteiger partial charge in [0.2, 0.25) is 0 Å². The molecule has 0 heterocycles. The Hall–Kier alpha value is -0.0800. The Morgan fingerprint density at radius 3 is 1.85 bits per heavy atom. The van der Waals surface area contributed by atoms with E-state index in [9.17, 15) is 10.2 Å². The van der Waals surface area contributed by atoms with Gasteiger partial charge in [-0.15, -0.1) is 0 Å². The zero-order valence-corrected chi connectivity index (χ0v) is 8.58. The van der Waals surface area contributed by atoms with Crippen molar-refractivity contribution in [3.63, 3.8) is 0 Å². The predicted octanol–water partition coefficient (Wildman–Crippen LogP) is 2.09. The topological polar surface area (TPSA) is 40.5 Å². The lowest BCUT2D eigenvalue weighted by Crippen LogP contribution is -2.16. The van der Waals surface area contributed by atoms with Crippen LogP contribution < -0.4 is 0 Å². The SMILES string of the molecule is CCC1CC(O)CCCCC(O)C1. The number of rotatable bonds is 1. The van der Waals surface area contributed by atoms with Gasteiger partial charge in [0.15, 0.2) is 0 Å². The largest absolute Gasteiger partial charge is 0.393 e. The molecule has 0 aromatic carbocycles. The van der Waals surface area contributed by atoms with Crippen LogP contribution in [0.1, 0.15) is 51.9 Å².